The highest BCUT2D eigenvalue weighted by Gasteiger charge is 2.21. The largest absolute Gasteiger partial charge is 0.370 e. The smallest absolute Gasteiger partial charge is 0.176 e. The lowest BCUT2D eigenvalue weighted by Gasteiger charge is -2.11. The first kappa shape index (κ1) is 17.3. The molecule has 0 radical (unpaired) electrons. The lowest BCUT2D eigenvalue weighted by Crippen LogP contribution is -2.31. The zero-order valence-corrected chi connectivity index (χ0v) is 15.3. The number of hydrogen-bond donors (Lipinski definition) is 2. The Morgan fingerprint density at radius 3 is 2.83 bits per heavy atom. The molecule has 0 amide bonds. The first-order valence-corrected chi connectivity index (χ1v) is 9.65. The van der Waals surface area contributed by atoms with Gasteiger partial charge in [0.1, 0.15) is 16.7 Å². The summed E-state index contributed by atoms with van der Waals surface area (Å²) < 4.78 is 31.8. The number of terminal acetylenes is 1. The van der Waals surface area contributed by atoms with Crippen LogP contribution in [-0.2, 0) is 13.0 Å². The molecule has 0 saturated carbocycles. The molecule has 126 valence electrons. The SMILES string of the molecule is C#Cc1c(C[C@@H](N)[C@@H](C)F)sc2c(NCc3ccc(F)s3)snc12. The van der Waals surface area contributed by atoms with Crippen LogP contribution in [0.15, 0.2) is 12.1 Å². The molecule has 3 heterocycles. The van der Waals surface area contributed by atoms with Crippen molar-refractivity contribution >= 4 is 49.4 Å². The Balaban J connectivity index is 1.85. The van der Waals surface area contributed by atoms with E-state index in [1.807, 2.05) is 0 Å². The van der Waals surface area contributed by atoms with E-state index in [9.17, 15) is 8.78 Å². The maximum absolute atomic E-state index is 13.4. The van der Waals surface area contributed by atoms with E-state index in [4.69, 9.17) is 12.2 Å². The van der Waals surface area contributed by atoms with E-state index in [-0.39, 0.29) is 5.13 Å². The van der Waals surface area contributed by atoms with Crippen molar-refractivity contribution in [2.45, 2.75) is 32.1 Å². The van der Waals surface area contributed by atoms with Crippen molar-refractivity contribution in [2.75, 3.05) is 5.32 Å². The van der Waals surface area contributed by atoms with Gasteiger partial charge < -0.3 is 11.1 Å². The first-order valence-electron chi connectivity index (χ1n) is 7.25. The average Bonchev–Trinajstić information content (AvgIpc) is 3.20. The minimum Gasteiger partial charge on any atom is -0.370 e. The Kier molecular flexibility index (Phi) is 5.15. The van der Waals surface area contributed by atoms with Gasteiger partial charge in [-0.25, -0.2) is 4.39 Å². The number of nitrogens with one attached hydrogen (secondary N) is 1. The van der Waals surface area contributed by atoms with E-state index in [2.05, 4.69) is 15.6 Å². The van der Waals surface area contributed by atoms with Gasteiger partial charge in [0.25, 0.3) is 0 Å². The highest BCUT2D eigenvalue weighted by molar-refractivity contribution is 7.24. The molecule has 0 spiro atoms. The van der Waals surface area contributed by atoms with Crippen LogP contribution in [0.5, 0.6) is 0 Å². The van der Waals surface area contributed by atoms with Gasteiger partial charge >= 0.3 is 0 Å². The molecule has 0 aromatic carbocycles. The fourth-order valence-electron chi connectivity index (χ4n) is 2.24. The molecular formula is C16H15F2N3S3. The minimum atomic E-state index is -1.10. The van der Waals surface area contributed by atoms with Crippen molar-refractivity contribution in [3.05, 3.63) is 32.6 Å². The van der Waals surface area contributed by atoms with Gasteiger partial charge in [-0.3, -0.25) is 0 Å². The summed E-state index contributed by atoms with van der Waals surface area (Å²) >= 11 is 3.92. The quantitative estimate of drug-likeness (QED) is 0.621. The van der Waals surface area contributed by atoms with Crippen molar-refractivity contribution in [3.63, 3.8) is 0 Å². The zero-order valence-electron chi connectivity index (χ0n) is 12.8. The zero-order chi connectivity index (χ0) is 17.3. The summed E-state index contributed by atoms with van der Waals surface area (Å²) in [5, 5.41) is 3.95. The number of alkyl halides is 1. The molecular weight excluding hydrogens is 368 g/mol. The Morgan fingerprint density at radius 2 is 2.21 bits per heavy atom. The van der Waals surface area contributed by atoms with Crippen molar-refractivity contribution < 1.29 is 8.78 Å². The molecule has 8 heteroatoms. The van der Waals surface area contributed by atoms with E-state index < -0.39 is 12.2 Å². The van der Waals surface area contributed by atoms with E-state index in [1.54, 1.807) is 6.07 Å². The molecule has 0 saturated heterocycles. The summed E-state index contributed by atoms with van der Waals surface area (Å²) in [5.74, 6) is 2.65. The maximum Gasteiger partial charge on any atom is 0.176 e. The molecule has 0 aliphatic carbocycles. The standard InChI is InChI=1S/C16H15F2N3S3/c1-3-10-12(6-11(19)8(2)17)23-15-14(10)21-24-16(15)20-7-9-4-5-13(18)22-9/h1,4-5,8,11,20H,6-7,19H2,2H3/t8-,11-/m1/s1. The highest BCUT2D eigenvalue weighted by Crippen LogP contribution is 2.39. The van der Waals surface area contributed by atoms with Gasteiger partial charge in [0, 0.05) is 22.2 Å². The highest BCUT2D eigenvalue weighted by atomic mass is 32.1. The van der Waals surface area contributed by atoms with Crippen LogP contribution in [0.1, 0.15) is 22.2 Å². The van der Waals surface area contributed by atoms with Gasteiger partial charge in [-0.15, -0.1) is 29.1 Å². The Bertz CT molecular complexity index is 888. The van der Waals surface area contributed by atoms with Crippen molar-refractivity contribution in [1.82, 2.24) is 4.37 Å². The van der Waals surface area contributed by atoms with Gasteiger partial charge in [0.05, 0.1) is 16.8 Å². The second kappa shape index (κ2) is 7.15. The molecule has 0 aliphatic rings. The fourth-order valence-corrected chi connectivity index (χ4v) is 5.07. The number of anilines is 1. The summed E-state index contributed by atoms with van der Waals surface area (Å²) in [6.07, 6.45) is 4.90. The van der Waals surface area contributed by atoms with Crippen LogP contribution < -0.4 is 11.1 Å². The summed E-state index contributed by atoms with van der Waals surface area (Å²) in [6, 6.07) is 2.61. The van der Waals surface area contributed by atoms with Gasteiger partial charge in [-0.05, 0) is 30.6 Å². The van der Waals surface area contributed by atoms with Gasteiger partial charge in [0.15, 0.2) is 5.13 Å². The molecule has 3 rings (SSSR count). The second-order valence-electron chi connectivity index (χ2n) is 5.34. The molecule has 3 nitrogen and oxygen atoms in total. The van der Waals surface area contributed by atoms with Crippen LogP contribution in [0.3, 0.4) is 0 Å². The molecule has 24 heavy (non-hydrogen) atoms. The predicted octanol–water partition coefficient (Wildman–Crippen LogP) is 4.38. The molecule has 0 aliphatic heterocycles. The number of nitrogens with two attached hydrogens (primary N) is 1. The fraction of sp³-hybridized carbons (Fsp3) is 0.312. The van der Waals surface area contributed by atoms with Crippen LogP contribution in [0.4, 0.5) is 13.8 Å². The molecule has 0 unspecified atom stereocenters. The summed E-state index contributed by atoms with van der Waals surface area (Å²) in [6.45, 7) is 1.96. The van der Waals surface area contributed by atoms with Crippen molar-refractivity contribution in [2.24, 2.45) is 5.73 Å². The average molecular weight is 384 g/mol. The van der Waals surface area contributed by atoms with Crippen LogP contribution in [0, 0.1) is 17.5 Å². The number of rotatable bonds is 6. The number of thiophene rings is 2. The lowest BCUT2D eigenvalue weighted by atomic mass is 10.1. The van der Waals surface area contributed by atoms with Crippen LogP contribution in [-0.4, -0.2) is 16.6 Å². The van der Waals surface area contributed by atoms with E-state index in [0.29, 0.717) is 18.5 Å². The number of fused-ring (bicyclic) bond motifs is 1. The van der Waals surface area contributed by atoms with E-state index in [1.165, 1.54) is 35.9 Å². The molecule has 2 atom stereocenters. The molecule has 3 aromatic heterocycles. The summed E-state index contributed by atoms with van der Waals surface area (Å²) in [7, 11) is 0. The number of halogens is 2. The molecule has 0 fully saturated rings. The third kappa shape index (κ3) is 3.44. The van der Waals surface area contributed by atoms with Crippen molar-refractivity contribution in [1.29, 1.82) is 0 Å². The topological polar surface area (TPSA) is 50.9 Å². The Morgan fingerprint density at radius 1 is 1.42 bits per heavy atom. The number of nitrogens with zero attached hydrogens (tertiary/aromatic N) is 1. The molecule has 0 bridgehead atoms. The van der Waals surface area contributed by atoms with Gasteiger partial charge in [0.2, 0.25) is 0 Å². The van der Waals surface area contributed by atoms with Crippen LogP contribution in [0.2, 0.25) is 0 Å². The Hall–Kier alpha value is -1.53. The first-order chi connectivity index (χ1) is 11.5. The monoisotopic (exact) mass is 383 g/mol. The van der Waals surface area contributed by atoms with Crippen LogP contribution >= 0.6 is 34.2 Å². The minimum absolute atomic E-state index is 0.205. The summed E-state index contributed by atoms with van der Waals surface area (Å²) in [5.41, 5.74) is 7.28. The van der Waals surface area contributed by atoms with Gasteiger partial charge in [-0.2, -0.15) is 8.76 Å². The normalized spacial score (nSPS) is 13.8. The van der Waals surface area contributed by atoms with Gasteiger partial charge in [-0.1, -0.05) is 5.92 Å². The number of hydrogen-bond acceptors (Lipinski definition) is 6. The lowest BCUT2D eigenvalue weighted by molar-refractivity contribution is 0.305. The van der Waals surface area contributed by atoms with Crippen molar-refractivity contribution in [3.8, 4) is 12.3 Å². The summed E-state index contributed by atoms with van der Waals surface area (Å²) in [4.78, 5) is 1.78. The molecule has 3 N–H and O–H groups in total. The predicted molar refractivity (Wildman–Crippen MR) is 99.3 cm³/mol. The third-order valence-electron chi connectivity index (χ3n) is 3.60. The third-order valence-corrected chi connectivity index (χ3v) is 6.62. The second-order valence-corrected chi connectivity index (χ2v) is 8.34. The Labute approximate surface area is 150 Å². The molecule has 3 aromatic rings. The van der Waals surface area contributed by atoms with Crippen LogP contribution in [0.25, 0.3) is 10.2 Å². The number of aromatic nitrogens is 1. The maximum atomic E-state index is 13.4. The van der Waals surface area contributed by atoms with E-state index in [0.717, 1.165) is 36.3 Å². The van der Waals surface area contributed by atoms with E-state index >= 15 is 0 Å².